The van der Waals surface area contributed by atoms with Crippen LogP contribution in [0.15, 0.2) is 29.4 Å². The predicted octanol–water partition coefficient (Wildman–Crippen LogP) is 4.02. The lowest BCUT2D eigenvalue weighted by Crippen LogP contribution is -2.14. The second-order valence-electron chi connectivity index (χ2n) is 8.60. The van der Waals surface area contributed by atoms with E-state index >= 15 is 0 Å². The lowest BCUT2D eigenvalue weighted by atomic mass is 10.1. The largest absolute Gasteiger partial charge is 0.326 e. The van der Waals surface area contributed by atoms with Crippen molar-refractivity contribution >= 4 is 29.1 Å². The Bertz CT molecular complexity index is 1340. The van der Waals surface area contributed by atoms with Crippen LogP contribution in [0.4, 0.5) is 5.69 Å². The first-order chi connectivity index (χ1) is 16.5. The van der Waals surface area contributed by atoms with Crippen LogP contribution in [0.3, 0.4) is 0 Å². The molecule has 0 spiro atoms. The number of rotatable bonds is 6. The van der Waals surface area contributed by atoms with E-state index in [0.717, 1.165) is 59.2 Å². The van der Waals surface area contributed by atoms with Gasteiger partial charge in [0, 0.05) is 42.0 Å². The molecule has 4 heterocycles. The normalized spacial score (nSPS) is 13.6. The van der Waals surface area contributed by atoms with Crippen molar-refractivity contribution in [1.29, 1.82) is 0 Å². The van der Waals surface area contributed by atoms with Crippen LogP contribution in [0.1, 0.15) is 48.5 Å². The van der Waals surface area contributed by atoms with Gasteiger partial charge in [0.05, 0.1) is 0 Å². The van der Waals surface area contributed by atoms with Crippen molar-refractivity contribution in [3.8, 4) is 11.4 Å². The maximum absolute atomic E-state index is 12.7. The van der Waals surface area contributed by atoms with E-state index in [1.54, 1.807) is 4.52 Å². The van der Waals surface area contributed by atoms with Crippen molar-refractivity contribution in [2.24, 2.45) is 0 Å². The van der Waals surface area contributed by atoms with Crippen LogP contribution < -0.4 is 5.32 Å². The smallest absolute Gasteiger partial charge is 0.253 e. The van der Waals surface area contributed by atoms with Crippen molar-refractivity contribution in [1.82, 2.24) is 34.3 Å². The molecule has 0 atom stereocenters. The first-order valence-corrected chi connectivity index (χ1v) is 12.8. The Hall–Kier alpha value is -3.27. The van der Waals surface area contributed by atoms with E-state index in [-0.39, 0.29) is 5.91 Å². The molecule has 0 saturated carbocycles. The monoisotopic (exact) mass is 476 g/mol. The molecule has 34 heavy (non-hydrogen) atoms. The number of hydrogen-bond donors (Lipinski definition) is 1. The second kappa shape index (κ2) is 9.54. The molecule has 10 heteroatoms. The van der Waals surface area contributed by atoms with E-state index in [0.29, 0.717) is 23.8 Å². The molecule has 1 amide bonds. The predicted molar refractivity (Wildman–Crippen MR) is 132 cm³/mol. The number of anilines is 1. The number of nitrogens with zero attached hydrogens (tertiary/aromatic N) is 7. The van der Waals surface area contributed by atoms with Gasteiger partial charge < -0.3 is 9.88 Å². The SMILES string of the molecule is CSc1nc2nc(C)c(CCC(=O)Nc3ccc(-c4nnc5n4CCCCC5)cc3)c(C)n2n1. The Morgan fingerprint density at radius 3 is 2.71 bits per heavy atom. The molecule has 9 nitrogen and oxygen atoms in total. The van der Waals surface area contributed by atoms with Crippen LogP contribution in [0.2, 0.25) is 0 Å². The molecule has 176 valence electrons. The van der Waals surface area contributed by atoms with E-state index in [1.807, 2.05) is 44.4 Å². The van der Waals surface area contributed by atoms with E-state index in [4.69, 9.17) is 0 Å². The van der Waals surface area contributed by atoms with Gasteiger partial charge in [0.2, 0.25) is 11.1 Å². The average Bonchev–Trinajstić information content (AvgIpc) is 3.36. The summed E-state index contributed by atoms with van der Waals surface area (Å²) in [4.78, 5) is 21.7. The fourth-order valence-corrected chi connectivity index (χ4v) is 4.84. The molecule has 1 aliphatic rings. The number of carbonyl (C=O) groups excluding carboxylic acids is 1. The van der Waals surface area contributed by atoms with Crippen LogP contribution in [-0.4, -0.2) is 46.5 Å². The molecular formula is C24H28N8OS. The number of benzene rings is 1. The fraction of sp³-hybridized carbons (Fsp3) is 0.417. The minimum atomic E-state index is -0.0358. The third-order valence-corrected chi connectivity index (χ3v) is 6.89. The number of nitrogens with one attached hydrogen (secondary N) is 1. The highest BCUT2D eigenvalue weighted by Crippen LogP contribution is 2.24. The molecule has 0 fully saturated rings. The van der Waals surface area contributed by atoms with Crippen molar-refractivity contribution in [3.63, 3.8) is 0 Å². The summed E-state index contributed by atoms with van der Waals surface area (Å²) < 4.78 is 3.99. The van der Waals surface area contributed by atoms with E-state index in [1.165, 1.54) is 24.6 Å². The number of aryl methyl sites for hydroxylation is 3. The molecule has 0 aliphatic carbocycles. The molecule has 1 N–H and O–H groups in total. The summed E-state index contributed by atoms with van der Waals surface area (Å²) >= 11 is 1.49. The zero-order valence-corrected chi connectivity index (χ0v) is 20.5. The lowest BCUT2D eigenvalue weighted by Gasteiger charge is -2.11. The zero-order chi connectivity index (χ0) is 23.7. The molecule has 0 radical (unpaired) electrons. The summed E-state index contributed by atoms with van der Waals surface area (Å²) in [6.45, 7) is 4.91. The number of fused-ring (bicyclic) bond motifs is 2. The Kier molecular flexibility index (Phi) is 6.32. The Balaban J connectivity index is 1.25. The van der Waals surface area contributed by atoms with Crippen LogP contribution in [0.5, 0.6) is 0 Å². The number of aromatic nitrogens is 7. The van der Waals surface area contributed by atoms with Crippen LogP contribution in [0.25, 0.3) is 17.2 Å². The van der Waals surface area contributed by atoms with E-state index < -0.39 is 0 Å². The minimum absolute atomic E-state index is 0.0358. The third kappa shape index (κ3) is 4.42. The summed E-state index contributed by atoms with van der Waals surface area (Å²) in [6, 6.07) is 7.85. The minimum Gasteiger partial charge on any atom is -0.326 e. The summed E-state index contributed by atoms with van der Waals surface area (Å²) in [5.41, 5.74) is 4.67. The second-order valence-corrected chi connectivity index (χ2v) is 9.37. The number of thioether (sulfide) groups is 1. The molecule has 0 bridgehead atoms. The zero-order valence-electron chi connectivity index (χ0n) is 19.7. The van der Waals surface area contributed by atoms with Gasteiger partial charge in [-0.3, -0.25) is 4.79 Å². The molecule has 1 aromatic carbocycles. The summed E-state index contributed by atoms with van der Waals surface area (Å²) in [7, 11) is 0. The fourth-order valence-electron chi connectivity index (χ4n) is 4.50. The van der Waals surface area contributed by atoms with E-state index in [9.17, 15) is 4.79 Å². The highest BCUT2D eigenvalue weighted by Gasteiger charge is 2.17. The summed E-state index contributed by atoms with van der Waals surface area (Å²) in [5.74, 6) is 2.53. The van der Waals surface area contributed by atoms with E-state index in [2.05, 4.69) is 35.1 Å². The molecule has 1 aliphatic heterocycles. The summed E-state index contributed by atoms with van der Waals surface area (Å²) in [6.07, 6.45) is 7.43. The van der Waals surface area contributed by atoms with Gasteiger partial charge in [-0.25, -0.2) is 9.50 Å². The molecular weight excluding hydrogens is 448 g/mol. The van der Waals surface area contributed by atoms with Crippen molar-refractivity contribution in [2.75, 3.05) is 11.6 Å². The topological polar surface area (TPSA) is 103 Å². The molecule has 3 aromatic heterocycles. The van der Waals surface area contributed by atoms with Gasteiger partial charge in [0.25, 0.3) is 5.78 Å². The highest BCUT2D eigenvalue weighted by atomic mass is 32.2. The average molecular weight is 477 g/mol. The van der Waals surface area contributed by atoms with Crippen molar-refractivity contribution in [3.05, 3.63) is 47.0 Å². The molecule has 0 unspecified atom stereocenters. The first kappa shape index (κ1) is 22.5. The number of carbonyl (C=O) groups is 1. The molecule has 0 saturated heterocycles. The van der Waals surface area contributed by atoms with Gasteiger partial charge in [-0.05, 0) is 69.2 Å². The van der Waals surface area contributed by atoms with Crippen molar-refractivity contribution < 1.29 is 4.79 Å². The Morgan fingerprint density at radius 2 is 1.91 bits per heavy atom. The van der Waals surface area contributed by atoms with Crippen molar-refractivity contribution in [2.45, 2.75) is 64.1 Å². The Labute approximate surface area is 202 Å². The van der Waals surface area contributed by atoms with Gasteiger partial charge in [-0.2, -0.15) is 4.98 Å². The standard InChI is InChI=1S/C24H28N8OS/c1-15-19(16(2)32-23(25-15)27-24(30-32)34-3)12-13-21(33)26-18-10-8-17(9-11-18)22-29-28-20-7-5-4-6-14-31(20)22/h8-11H,4-7,12-14H2,1-3H3,(H,26,33). The number of amides is 1. The quantitative estimate of drug-likeness (QED) is 0.419. The molecule has 4 aromatic rings. The third-order valence-electron chi connectivity index (χ3n) is 6.35. The summed E-state index contributed by atoms with van der Waals surface area (Å²) in [5, 5.41) is 17.0. The maximum Gasteiger partial charge on any atom is 0.253 e. The van der Waals surface area contributed by atoms with Gasteiger partial charge in [-0.1, -0.05) is 18.2 Å². The molecule has 5 rings (SSSR count). The van der Waals surface area contributed by atoms with Gasteiger partial charge in [-0.15, -0.1) is 15.3 Å². The van der Waals surface area contributed by atoms with Gasteiger partial charge >= 0.3 is 0 Å². The van der Waals surface area contributed by atoms with Crippen LogP contribution in [-0.2, 0) is 24.2 Å². The highest BCUT2D eigenvalue weighted by molar-refractivity contribution is 7.98. The Morgan fingerprint density at radius 1 is 1.09 bits per heavy atom. The first-order valence-electron chi connectivity index (χ1n) is 11.6. The van der Waals surface area contributed by atoms with Crippen LogP contribution in [0, 0.1) is 13.8 Å². The number of hydrogen-bond acceptors (Lipinski definition) is 7. The lowest BCUT2D eigenvalue weighted by molar-refractivity contribution is -0.116. The van der Waals surface area contributed by atoms with Crippen LogP contribution >= 0.6 is 11.8 Å². The van der Waals surface area contributed by atoms with Gasteiger partial charge in [0.1, 0.15) is 5.82 Å². The maximum atomic E-state index is 12.7. The van der Waals surface area contributed by atoms with Gasteiger partial charge in [0.15, 0.2) is 5.82 Å².